The lowest BCUT2D eigenvalue weighted by atomic mass is 9.98. The number of rotatable bonds is 6. The van der Waals surface area contributed by atoms with E-state index in [2.05, 4.69) is 5.32 Å². The molecule has 1 fully saturated rings. The summed E-state index contributed by atoms with van der Waals surface area (Å²) in [4.78, 5) is 25.3. The van der Waals surface area contributed by atoms with Crippen LogP contribution in [0.2, 0.25) is 0 Å². The van der Waals surface area contributed by atoms with Gasteiger partial charge >= 0.3 is 5.97 Å². The summed E-state index contributed by atoms with van der Waals surface area (Å²) in [5, 5.41) is 2.80. The molecule has 2 aromatic carbocycles. The SMILES string of the molecule is Cc1ccc(S(=O)(=O)N2CCC(C(=O)OC(C)C(=O)Nc3cc(C)ccc3C)CC2)cc1. The highest BCUT2D eigenvalue weighted by molar-refractivity contribution is 7.89. The number of piperidine rings is 1. The molecule has 1 aliphatic heterocycles. The molecule has 0 saturated carbocycles. The fraction of sp³-hybridized carbons (Fsp3) is 0.417. The Kier molecular flexibility index (Phi) is 7.36. The molecule has 0 aliphatic carbocycles. The molecule has 1 aliphatic rings. The molecule has 3 rings (SSSR count). The van der Waals surface area contributed by atoms with Gasteiger partial charge in [-0.1, -0.05) is 29.8 Å². The van der Waals surface area contributed by atoms with Crippen molar-refractivity contribution in [3.63, 3.8) is 0 Å². The molecule has 0 aromatic heterocycles. The first-order valence-corrected chi connectivity index (χ1v) is 12.2. The van der Waals surface area contributed by atoms with Gasteiger partial charge in [0.05, 0.1) is 10.8 Å². The third-order valence-electron chi connectivity index (χ3n) is 5.76. The van der Waals surface area contributed by atoms with Gasteiger partial charge in [0.25, 0.3) is 5.91 Å². The van der Waals surface area contributed by atoms with Crippen LogP contribution in [0, 0.1) is 26.7 Å². The predicted octanol–water partition coefficient (Wildman–Crippen LogP) is 3.58. The molecule has 8 heteroatoms. The number of hydrogen-bond acceptors (Lipinski definition) is 5. The fourth-order valence-corrected chi connectivity index (χ4v) is 5.09. The Morgan fingerprint density at radius 2 is 1.59 bits per heavy atom. The number of nitrogens with zero attached hydrogens (tertiary/aromatic N) is 1. The Balaban J connectivity index is 1.54. The molecule has 0 radical (unpaired) electrons. The maximum absolute atomic E-state index is 12.8. The Hall–Kier alpha value is -2.71. The highest BCUT2D eigenvalue weighted by atomic mass is 32.2. The van der Waals surface area contributed by atoms with E-state index >= 15 is 0 Å². The maximum atomic E-state index is 12.8. The summed E-state index contributed by atoms with van der Waals surface area (Å²) in [5.41, 5.74) is 3.61. The number of sulfonamides is 1. The maximum Gasteiger partial charge on any atom is 0.309 e. The molecule has 1 saturated heterocycles. The van der Waals surface area contributed by atoms with Gasteiger partial charge in [0.2, 0.25) is 10.0 Å². The van der Waals surface area contributed by atoms with Crippen LogP contribution in [0.4, 0.5) is 5.69 Å². The van der Waals surface area contributed by atoms with E-state index in [0.29, 0.717) is 18.5 Å². The molecular formula is C24H30N2O5S. The lowest BCUT2D eigenvalue weighted by molar-refractivity contribution is -0.158. The van der Waals surface area contributed by atoms with Crippen molar-refractivity contribution < 1.29 is 22.7 Å². The fourth-order valence-electron chi connectivity index (χ4n) is 3.62. The van der Waals surface area contributed by atoms with E-state index in [9.17, 15) is 18.0 Å². The van der Waals surface area contributed by atoms with E-state index in [-0.39, 0.29) is 18.0 Å². The van der Waals surface area contributed by atoms with Crippen LogP contribution in [0.15, 0.2) is 47.4 Å². The van der Waals surface area contributed by atoms with Crippen LogP contribution in [0.1, 0.15) is 36.5 Å². The van der Waals surface area contributed by atoms with E-state index in [1.54, 1.807) is 24.3 Å². The molecule has 0 bridgehead atoms. The van der Waals surface area contributed by atoms with Crippen LogP contribution >= 0.6 is 0 Å². The number of carbonyl (C=O) groups excluding carboxylic acids is 2. The minimum atomic E-state index is -3.59. The summed E-state index contributed by atoms with van der Waals surface area (Å²) in [6, 6.07) is 12.5. The van der Waals surface area contributed by atoms with Crippen LogP contribution in [0.3, 0.4) is 0 Å². The first kappa shape index (κ1) is 23.9. The zero-order valence-corrected chi connectivity index (χ0v) is 19.7. The number of carbonyl (C=O) groups is 2. The standard InChI is InChI=1S/C24H30N2O5S/c1-16-6-9-21(10-7-16)32(29,30)26-13-11-20(12-14-26)24(28)31-19(4)23(27)25-22-15-17(2)5-8-18(22)3/h5-10,15,19-20H,11-14H2,1-4H3,(H,25,27). The van der Waals surface area contributed by atoms with Crippen molar-refractivity contribution in [3.05, 3.63) is 59.2 Å². The Bertz CT molecular complexity index is 1090. The topological polar surface area (TPSA) is 92.8 Å². The summed E-state index contributed by atoms with van der Waals surface area (Å²) in [6.45, 7) is 7.73. The van der Waals surface area contributed by atoms with Gasteiger partial charge in [-0.15, -0.1) is 0 Å². The average molecular weight is 459 g/mol. The summed E-state index contributed by atoms with van der Waals surface area (Å²) in [5.74, 6) is -1.30. The van der Waals surface area contributed by atoms with Gasteiger partial charge in [0.15, 0.2) is 6.10 Å². The van der Waals surface area contributed by atoms with Crippen molar-refractivity contribution in [1.29, 1.82) is 0 Å². The molecule has 1 N–H and O–H groups in total. The third kappa shape index (κ3) is 5.55. The van der Waals surface area contributed by atoms with Crippen molar-refractivity contribution in [2.24, 2.45) is 5.92 Å². The lowest BCUT2D eigenvalue weighted by Gasteiger charge is -2.30. The van der Waals surface area contributed by atoms with Crippen molar-refractivity contribution in [3.8, 4) is 0 Å². The molecule has 32 heavy (non-hydrogen) atoms. The molecule has 1 heterocycles. The summed E-state index contributed by atoms with van der Waals surface area (Å²) in [6.07, 6.45) is -0.235. The van der Waals surface area contributed by atoms with Crippen molar-refractivity contribution in [1.82, 2.24) is 4.31 Å². The van der Waals surface area contributed by atoms with Gasteiger partial charge in [-0.25, -0.2) is 8.42 Å². The molecule has 0 spiro atoms. The second kappa shape index (κ2) is 9.83. The number of benzene rings is 2. The average Bonchev–Trinajstić information content (AvgIpc) is 2.76. The normalized spacial score (nSPS) is 16.4. The van der Waals surface area contributed by atoms with Crippen molar-refractivity contribution in [2.45, 2.75) is 51.5 Å². The van der Waals surface area contributed by atoms with Gasteiger partial charge in [0.1, 0.15) is 0 Å². The van der Waals surface area contributed by atoms with E-state index in [1.807, 2.05) is 39.0 Å². The number of esters is 1. The van der Waals surface area contributed by atoms with E-state index in [0.717, 1.165) is 16.7 Å². The van der Waals surface area contributed by atoms with Crippen molar-refractivity contribution in [2.75, 3.05) is 18.4 Å². The van der Waals surface area contributed by atoms with Crippen LogP contribution in [-0.2, 0) is 24.3 Å². The molecule has 172 valence electrons. The van der Waals surface area contributed by atoms with E-state index < -0.39 is 33.9 Å². The number of amides is 1. The first-order valence-electron chi connectivity index (χ1n) is 10.7. The molecule has 1 atom stereocenters. The highest BCUT2D eigenvalue weighted by Crippen LogP contribution is 2.25. The highest BCUT2D eigenvalue weighted by Gasteiger charge is 2.34. The minimum absolute atomic E-state index is 0.235. The quantitative estimate of drug-likeness (QED) is 0.668. The minimum Gasteiger partial charge on any atom is -0.452 e. The van der Waals surface area contributed by atoms with E-state index in [4.69, 9.17) is 4.74 Å². The Morgan fingerprint density at radius 3 is 2.22 bits per heavy atom. The number of anilines is 1. The van der Waals surface area contributed by atoms with Gasteiger partial charge in [-0.3, -0.25) is 9.59 Å². The summed E-state index contributed by atoms with van der Waals surface area (Å²) >= 11 is 0. The van der Waals surface area contributed by atoms with Gasteiger partial charge in [-0.2, -0.15) is 4.31 Å². The number of hydrogen-bond donors (Lipinski definition) is 1. The smallest absolute Gasteiger partial charge is 0.309 e. The van der Waals surface area contributed by atoms with Crippen LogP contribution in [0.5, 0.6) is 0 Å². The summed E-state index contributed by atoms with van der Waals surface area (Å²) < 4.78 is 32.4. The predicted molar refractivity (Wildman–Crippen MR) is 123 cm³/mol. The van der Waals surface area contributed by atoms with Gasteiger partial charge in [-0.05, 0) is 69.9 Å². The first-order chi connectivity index (χ1) is 15.1. The third-order valence-corrected chi connectivity index (χ3v) is 7.67. The summed E-state index contributed by atoms with van der Waals surface area (Å²) in [7, 11) is -3.59. The van der Waals surface area contributed by atoms with E-state index in [1.165, 1.54) is 11.2 Å². The van der Waals surface area contributed by atoms with Gasteiger partial charge < -0.3 is 10.1 Å². The molecule has 2 aromatic rings. The lowest BCUT2D eigenvalue weighted by Crippen LogP contribution is -2.41. The zero-order chi connectivity index (χ0) is 23.5. The number of nitrogens with one attached hydrogen (secondary N) is 1. The molecule has 1 unspecified atom stereocenters. The number of aryl methyl sites for hydroxylation is 3. The second-order valence-electron chi connectivity index (χ2n) is 8.38. The van der Waals surface area contributed by atoms with Crippen molar-refractivity contribution >= 4 is 27.6 Å². The van der Waals surface area contributed by atoms with Crippen LogP contribution in [-0.4, -0.2) is 43.8 Å². The molecule has 1 amide bonds. The Labute approximate surface area is 189 Å². The largest absolute Gasteiger partial charge is 0.452 e. The van der Waals surface area contributed by atoms with Crippen LogP contribution in [0.25, 0.3) is 0 Å². The van der Waals surface area contributed by atoms with Crippen LogP contribution < -0.4 is 5.32 Å². The Morgan fingerprint density at radius 1 is 1.00 bits per heavy atom. The second-order valence-corrected chi connectivity index (χ2v) is 10.3. The molecule has 7 nitrogen and oxygen atoms in total. The van der Waals surface area contributed by atoms with Gasteiger partial charge in [0, 0.05) is 18.8 Å². The number of ether oxygens (including phenoxy) is 1. The molecular weight excluding hydrogens is 428 g/mol. The zero-order valence-electron chi connectivity index (χ0n) is 18.9. The monoisotopic (exact) mass is 458 g/mol.